The maximum atomic E-state index is 14.3. The van der Waals surface area contributed by atoms with Crippen molar-refractivity contribution >= 4 is 40.8 Å². The molecule has 0 radical (unpaired) electrons. The number of carboxylic acids is 1. The van der Waals surface area contributed by atoms with Gasteiger partial charge in [0, 0.05) is 52.5 Å². The fourth-order valence-electron chi connectivity index (χ4n) is 5.17. The zero-order valence-electron chi connectivity index (χ0n) is 25.4. The molecule has 0 aliphatic carbocycles. The van der Waals surface area contributed by atoms with Crippen LogP contribution in [0.3, 0.4) is 0 Å². The fourth-order valence-corrected chi connectivity index (χ4v) is 5.35. The average Bonchev–Trinajstić information content (AvgIpc) is 3.10. The summed E-state index contributed by atoms with van der Waals surface area (Å²) in [6.45, 7) is 3.50. The molecule has 2 amide bonds. The molecule has 0 spiro atoms. The third-order valence-corrected chi connectivity index (χ3v) is 7.68. The van der Waals surface area contributed by atoms with Gasteiger partial charge in [0.15, 0.2) is 11.5 Å². The molecule has 0 aromatic heterocycles. The highest BCUT2D eigenvalue weighted by Gasteiger charge is 2.40. The van der Waals surface area contributed by atoms with Gasteiger partial charge in [-0.3, -0.25) is 14.4 Å². The van der Waals surface area contributed by atoms with Gasteiger partial charge < -0.3 is 34.6 Å². The molecule has 0 saturated carbocycles. The van der Waals surface area contributed by atoms with E-state index in [1.807, 2.05) is 13.8 Å². The van der Waals surface area contributed by atoms with Crippen molar-refractivity contribution in [3.8, 4) is 11.5 Å². The summed E-state index contributed by atoms with van der Waals surface area (Å²) in [5, 5.41) is 22.1. The third-order valence-electron chi connectivity index (χ3n) is 7.44. The summed E-state index contributed by atoms with van der Waals surface area (Å²) in [6.07, 6.45) is -2.99. The van der Waals surface area contributed by atoms with Crippen molar-refractivity contribution < 1.29 is 43.2 Å². The Balaban J connectivity index is 1.75. The minimum absolute atomic E-state index is 0.0599. The topological polar surface area (TPSA) is 135 Å². The van der Waals surface area contributed by atoms with Crippen LogP contribution in [0.4, 0.5) is 15.8 Å². The van der Waals surface area contributed by atoms with Crippen LogP contribution < -0.4 is 19.7 Å². The zero-order valence-corrected chi connectivity index (χ0v) is 26.2. The van der Waals surface area contributed by atoms with E-state index in [-0.39, 0.29) is 37.2 Å². The second kappa shape index (κ2) is 14.3. The first-order chi connectivity index (χ1) is 21.4. The zero-order chi connectivity index (χ0) is 32.9. The van der Waals surface area contributed by atoms with Crippen molar-refractivity contribution in [3.05, 3.63) is 82.1 Å². The summed E-state index contributed by atoms with van der Waals surface area (Å²) >= 11 is 6.46. The molecular formula is C33H36ClFN2O8. The first-order valence-corrected chi connectivity index (χ1v) is 14.6. The molecule has 0 fully saturated rings. The van der Waals surface area contributed by atoms with Gasteiger partial charge in [-0.25, -0.2) is 4.39 Å². The second-order valence-electron chi connectivity index (χ2n) is 11.5. The highest BCUT2D eigenvalue weighted by Crippen LogP contribution is 2.45. The standard InChI is InChI=1S/C33H36ClFN2O8/c1-33(2,18-38)17-37-25-12-9-20(34)15-23(25)30(22-6-5-7-26(43-3)31(22)44-4)45-27(32(37)42)16-28(39)36-21-10-11-24(35)19(14-21)8-13-29(40)41/h5-7,9-12,14-15,27,30,38H,8,13,16-18H2,1-4H3,(H,36,39)(H,40,41)/t27-,30-/m1/s1. The molecule has 3 aromatic rings. The van der Waals surface area contributed by atoms with Crippen LogP contribution in [0.25, 0.3) is 0 Å². The van der Waals surface area contributed by atoms with Gasteiger partial charge in [-0.15, -0.1) is 0 Å². The summed E-state index contributed by atoms with van der Waals surface area (Å²) in [5.74, 6) is -1.97. The average molecular weight is 643 g/mol. The molecule has 2 atom stereocenters. The summed E-state index contributed by atoms with van der Waals surface area (Å²) in [6, 6.07) is 14.1. The van der Waals surface area contributed by atoms with Crippen molar-refractivity contribution in [1.29, 1.82) is 0 Å². The number of ether oxygens (including phenoxy) is 3. The van der Waals surface area contributed by atoms with Crippen molar-refractivity contribution in [2.75, 3.05) is 37.6 Å². The number of aliphatic carboxylic acids is 1. The van der Waals surface area contributed by atoms with E-state index in [9.17, 15) is 23.9 Å². The van der Waals surface area contributed by atoms with Crippen molar-refractivity contribution in [2.24, 2.45) is 5.41 Å². The van der Waals surface area contributed by atoms with Crippen LogP contribution in [0.5, 0.6) is 11.5 Å². The molecule has 0 bridgehead atoms. The number of amides is 2. The summed E-state index contributed by atoms with van der Waals surface area (Å²) in [4.78, 5) is 40.1. The number of fused-ring (bicyclic) bond motifs is 1. The molecule has 1 aliphatic rings. The lowest BCUT2D eigenvalue weighted by atomic mass is 9.92. The number of hydrogen-bond acceptors (Lipinski definition) is 7. The van der Waals surface area contributed by atoms with E-state index < -0.39 is 47.6 Å². The highest BCUT2D eigenvalue weighted by atomic mass is 35.5. The number of carbonyl (C=O) groups excluding carboxylic acids is 2. The number of nitrogens with one attached hydrogen (secondary N) is 1. The number of aryl methyl sites for hydroxylation is 1. The van der Waals surface area contributed by atoms with Gasteiger partial charge in [-0.2, -0.15) is 0 Å². The second-order valence-corrected chi connectivity index (χ2v) is 11.9. The Labute approximate surface area is 265 Å². The number of rotatable bonds is 12. The van der Waals surface area contributed by atoms with Crippen LogP contribution in [0.15, 0.2) is 54.6 Å². The van der Waals surface area contributed by atoms with E-state index in [4.69, 9.17) is 30.9 Å². The van der Waals surface area contributed by atoms with E-state index in [0.29, 0.717) is 33.3 Å². The predicted molar refractivity (Wildman–Crippen MR) is 167 cm³/mol. The quantitative estimate of drug-likeness (QED) is 0.240. The Morgan fingerprint density at radius 3 is 2.51 bits per heavy atom. The molecule has 0 unspecified atom stereocenters. The van der Waals surface area contributed by atoms with Crippen LogP contribution in [0.2, 0.25) is 5.02 Å². The highest BCUT2D eigenvalue weighted by molar-refractivity contribution is 6.30. The molecule has 3 N–H and O–H groups in total. The normalized spacial score (nSPS) is 16.5. The Morgan fingerprint density at radius 2 is 1.84 bits per heavy atom. The lowest BCUT2D eigenvalue weighted by Crippen LogP contribution is -2.46. The molecular weight excluding hydrogens is 607 g/mol. The third kappa shape index (κ3) is 7.91. The molecule has 3 aromatic carbocycles. The molecule has 12 heteroatoms. The maximum absolute atomic E-state index is 14.3. The molecule has 4 rings (SSSR count). The van der Waals surface area contributed by atoms with Crippen LogP contribution in [0.1, 0.15) is 49.5 Å². The molecule has 45 heavy (non-hydrogen) atoms. The van der Waals surface area contributed by atoms with Crippen molar-refractivity contribution in [3.63, 3.8) is 0 Å². The van der Waals surface area contributed by atoms with Gasteiger partial charge >= 0.3 is 5.97 Å². The lowest BCUT2D eigenvalue weighted by molar-refractivity contribution is -0.137. The van der Waals surface area contributed by atoms with Gasteiger partial charge in [0.1, 0.15) is 18.0 Å². The molecule has 240 valence electrons. The minimum atomic E-state index is -1.31. The molecule has 0 saturated heterocycles. The van der Waals surface area contributed by atoms with E-state index in [1.54, 1.807) is 36.4 Å². The first kappa shape index (κ1) is 33.7. The van der Waals surface area contributed by atoms with Gasteiger partial charge in [0.25, 0.3) is 5.91 Å². The van der Waals surface area contributed by atoms with E-state index >= 15 is 0 Å². The Hall–Kier alpha value is -4.19. The van der Waals surface area contributed by atoms with Gasteiger partial charge in [-0.1, -0.05) is 37.6 Å². The number of aliphatic hydroxyl groups is 1. The molecule has 10 nitrogen and oxygen atoms in total. The number of carboxylic acid groups (broad SMARTS) is 1. The largest absolute Gasteiger partial charge is 0.493 e. The summed E-state index contributed by atoms with van der Waals surface area (Å²) in [7, 11) is 2.98. The van der Waals surface area contributed by atoms with Crippen molar-refractivity contribution in [1.82, 2.24) is 0 Å². The van der Waals surface area contributed by atoms with E-state index in [2.05, 4.69) is 5.32 Å². The number of hydrogen-bond donors (Lipinski definition) is 3. The van der Waals surface area contributed by atoms with Crippen LogP contribution in [-0.2, 0) is 25.5 Å². The van der Waals surface area contributed by atoms with Crippen LogP contribution in [0, 0.1) is 11.2 Å². The minimum Gasteiger partial charge on any atom is -0.493 e. The Morgan fingerprint density at radius 1 is 1.09 bits per heavy atom. The van der Waals surface area contributed by atoms with Gasteiger partial charge in [-0.05, 0) is 54.4 Å². The Kier molecular flexibility index (Phi) is 10.7. The van der Waals surface area contributed by atoms with Gasteiger partial charge in [0.05, 0.1) is 20.6 Å². The number of anilines is 2. The molecule has 1 heterocycles. The number of halogens is 2. The lowest BCUT2D eigenvalue weighted by Gasteiger charge is -2.32. The fraction of sp³-hybridized carbons (Fsp3) is 0.364. The first-order valence-electron chi connectivity index (χ1n) is 14.3. The van der Waals surface area contributed by atoms with Gasteiger partial charge in [0.2, 0.25) is 5.91 Å². The van der Waals surface area contributed by atoms with Crippen LogP contribution >= 0.6 is 11.6 Å². The monoisotopic (exact) mass is 642 g/mol. The SMILES string of the molecule is COc1cccc([C@H]2O[C@H](CC(=O)Nc3ccc(F)c(CCC(=O)O)c3)C(=O)N(CC(C)(C)CO)c3ccc(Cl)cc32)c1OC. The predicted octanol–water partition coefficient (Wildman–Crippen LogP) is 5.38. The Bertz CT molecular complexity index is 1580. The smallest absolute Gasteiger partial charge is 0.303 e. The number of methoxy groups -OCH3 is 2. The van der Waals surface area contributed by atoms with E-state index in [1.165, 1.54) is 31.3 Å². The summed E-state index contributed by atoms with van der Waals surface area (Å²) in [5.41, 5.74) is 1.22. The maximum Gasteiger partial charge on any atom is 0.303 e. The number of benzene rings is 3. The van der Waals surface area contributed by atoms with Crippen molar-refractivity contribution in [2.45, 2.75) is 45.3 Å². The summed E-state index contributed by atoms with van der Waals surface area (Å²) < 4.78 is 32.0. The number of nitrogens with zero attached hydrogens (tertiary/aromatic N) is 1. The number of carbonyl (C=O) groups is 3. The number of aliphatic hydroxyl groups excluding tert-OH is 1. The van der Waals surface area contributed by atoms with Crippen LogP contribution in [-0.4, -0.2) is 61.5 Å². The molecule has 1 aliphatic heterocycles. The number of para-hydroxylation sites is 1. The van der Waals surface area contributed by atoms with E-state index in [0.717, 1.165) is 6.07 Å².